The fraction of sp³-hybridized carbons (Fsp3) is 0.273. The molecule has 32 heavy (non-hydrogen) atoms. The first-order valence-electron chi connectivity index (χ1n) is 10.3. The minimum Gasteiger partial charge on any atom is -0.337 e. The molecule has 1 aliphatic heterocycles. The van der Waals surface area contributed by atoms with Crippen molar-refractivity contribution in [2.75, 3.05) is 24.2 Å². The summed E-state index contributed by atoms with van der Waals surface area (Å²) in [6.07, 6.45) is 3.50. The number of hydrogen-bond acceptors (Lipinski definition) is 6. The van der Waals surface area contributed by atoms with Crippen molar-refractivity contribution < 1.29 is 13.2 Å². The highest BCUT2D eigenvalue weighted by Crippen LogP contribution is 2.27. The van der Waals surface area contributed by atoms with Gasteiger partial charge in [-0.3, -0.25) is 4.79 Å². The maximum atomic E-state index is 12.7. The summed E-state index contributed by atoms with van der Waals surface area (Å²) >= 11 is 1.25. The molecule has 0 saturated carbocycles. The Morgan fingerprint density at radius 3 is 2.41 bits per heavy atom. The number of nitrogens with one attached hydrogen (secondary N) is 1. The third kappa shape index (κ3) is 4.82. The second-order valence-electron chi connectivity index (χ2n) is 7.57. The predicted octanol–water partition coefficient (Wildman–Crippen LogP) is 3.17. The van der Waals surface area contributed by atoms with Crippen LogP contribution in [0.25, 0.3) is 11.3 Å². The summed E-state index contributed by atoms with van der Waals surface area (Å²) in [7, 11) is -3.47. The van der Waals surface area contributed by atoms with Crippen LogP contribution in [0.15, 0.2) is 70.8 Å². The molecule has 10 heteroatoms. The lowest BCUT2D eigenvalue weighted by atomic mass is 10.2. The molecular weight excluding hydrogens is 446 g/mol. The number of nitrogen functional groups attached to an aromatic ring is 1. The largest absolute Gasteiger partial charge is 0.337 e. The predicted molar refractivity (Wildman–Crippen MR) is 126 cm³/mol. The minimum absolute atomic E-state index is 0.227. The number of hydrogen-bond donors (Lipinski definition) is 2. The number of amides is 1. The summed E-state index contributed by atoms with van der Waals surface area (Å²) in [4.78, 5) is 17.4. The van der Waals surface area contributed by atoms with Crippen molar-refractivity contribution in [2.24, 2.45) is 0 Å². The highest BCUT2D eigenvalue weighted by Gasteiger charge is 2.27. The molecule has 1 saturated heterocycles. The molecule has 8 nitrogen and oxygen atoms in total. The molecule has 3 aromatic rings. The molecule has 2 aromatic carbocycles. The number of nitrogens with zero attached hydrogens (tertiary/aromatic N) is 3. The van der Waals surface area contributed by atoms with E-state index in [1.54, 1.807) is 25.3 Å². The first-order valence-corrected chi connectivity index (χ1v) is 12.6. The van der Waals surface area contributed by atoms with Crippen molar-refractivity contribution >= 4 is 33.4 Å². The zero-order valence-electron chi connectivity index (χ0n) is 17.6. The van der Waals surface area contributed by atoms with Gasteiger partial charge in [0.1, 0.15) is 0 Å². The molecule has 0 radical (unpaired) electrons. The maximum absolute atomic E-state index is 12.7. The maximum Gasteiger partial charge on any atom is 0.243 e. The van der Waals surface area contributed by atoms with Crippen LogP contribution in [0.5, 0.6) is 0 Å². The Kier molecular flexibility index (Phi) is 6.54. The van der Waals surface area contributed by atoms with Gasteiger partial charge in [-0.1, -0.05) is 42.1 Å². The number of nitrogens with two attached hydrogens (primary N) is 1. The van der Waals surface area contributed by atoms with E-state index < -0.39 is 15.3 Å². The minimum atomic E-state index is -3.47. The number of thioether (sulfide) groups is 1. The molecule has 1 amide bonds. The molecule has 0 unspecified atom stereocenters. The van der Waals surface area contributed by atoms with Gasteiger partial charge in [0.2, 0.25) is 15.9 Å². The van der Waals surface area contributed by atoms with E-state index in [0.29, 0.717) is 23.9 Å². The van der Waals surface area contributed by atoms with Gasteiger partial charge < -0.3 is 11.2 Å². The fourth-order valence-corrected chi connectivity index (χ4v) is 5.78. The van der Waals surface area contributed by atoms with Gasteiger partial charge in [-0.15, -0.1) is 0 Å². The van der Waals surface area contributed by atoms with Crippen LogP contribution in [-0.4, -0.2) is 46.6 Å². The fourth-order valence-electron chi connectivity index (χ4n) is 3.46. The molecule has 2 heterocycles. The molecule has 0 spiro atoms. The van der Waals surface area contributed by atoms with E-state index in [0.717, 1.165) is 24.1 Å². The van der Waals surface area contributed by atoms with Gasteiger partial charge in [0.15, 0.2) is 5.16 Å². The standard InChI is InChI=1S/C22H25N5O3S2/c1-16(31-22-25-20(15-27(22)23)17-7-3-2-4-8-17)21(28)24-18-9-11-19(12-10-18)32(29,30)26-13-5-6-14-26/h2-4,7-12,15-16H,5-6,13-14,23H2,1H3,(H,24,28)/t16-/m0/s1. The lowest BCUT2D eigenvalue weighted by Crippen LogP contribution is -2.28. The Hall–Kier alpha value is -2.82. The first-order chi connectivity index (χ1) is 15.3. The summed E-state index contributed by atoms with van der Waals surface area (Å²) < 4.78 is 28.2. The highest BCUT2D eigenvalue weighted by atomic mass is 32.2. The average Bonchev–Trinajstić information content (AvgIpc) is 3.46. The van der Waals surface area contributed by atoms with Crippen LogP contribution >= 0.6 is 11.8 Å². The molecule has 1 atom stereocenters. The van der Waals surface area contributed by atoms with E-state index in [-0.39, 0.29) is 10.8 Å². The normalized spacial score (nSPS) is 15.5. The van der Waals surface area contributed by atoms with Crippen LogP contribution in [0.2, 0.25) is 0 Å². The number of carbonyl (C=O) groups excluding carboxylic acids is 1. The zero-order chi connectivity index (χ0) is 22.7. The van der Waals surface area contributed by atoms with Gasteiger partial charge in [0, 0.05) is 24.3 Å². The van der Waals surface area contributed by atoms with E-state index in [2.05, 4.69) is 10.3 Å². The zero-order valence-corrected chi connectivity index (χ0v) is 19.3. The van der Waals surface area contributed by atoms with Gasteiger partial charge in [0.25, 0.3) is 0 Å². The third-order valence-corrected chi connectivity index (χ3v) is 8.24. The van der Waals surface area contributed by atoms with Crippen molar-refractivity contribution in [3.63, 3.8) is 0 Å². The molecule has 4 rings (SSSR count). The van der Waals surface area contributed by atoms with Gasteiger partial charge in [-0.05, 0) is 44.0 Å². The molecule has 0 bridgehead atoms. The SMILES string of the molecule is C[C@H](Sc1nc(-c2ccccc2)cn1N)C(=O)Nc1ccc(S(=O)(=O)N2CCCC2)cc1. The number of imidazole rings is 1. The summed E-state index contributed by atoms with van der Waals surface area (Å²) in [5, 5.41) is 2.89. The van der Waals surface area contributed by atoms with Crippen LogP contribution in [0.4, 0.5) is 5.69 Å². The highest BCUT2D eigenvalue weighted by molar-refractivity contribution is 8.00. The van der Waals surface area contributed by atoms with Gasteiger partial charge in [0.05, 0.1) is 22.0 Å². The van der Waals surface area contributed by atoms with Gasteiger partial charge in [-0.2, -0.15) is 4.31 Å². The Morgan fingerprint density at radius 2 is 1.75 bits per heavy atom. The number of anilines is 1. The van der Waals surface area contributed by atoms with Crippen LogP contribution < -0.4 is 11.2 Å². The average molecular weight is 472 g/mol. The first kappa shape index (κ1) is 22.4. The lowest BCUT2D eigenvalue weighted by molar-refractivity contribution is -0.115. The lowest BCUT2D eigenvalue weighted by Gasteiger charge is -2.16. The smallest absolute Gasteiger partial charge is 0.243 e. The number of aromatic nitrogens is 2. The molecule has 0 aliphatic carbocycles. The monoisotopic (exact) mass is 471 g/mol. The molecule has 1 fully saturated rings. The molecule has 1 aliphatic rings. The van der Waals surface area contributed by atoms with Crippen LogP contribution in [-0.2, 0) is 14.8 Å². The summed E-state index contributed by atoms with van der Waals surface area (Å²) in [6.45, 7) is 2.87. The van der Waals surface area contributed by atoms with Crippen LogP contribution in [0.3, 0.4) is 0 Å². The van der Waals surface area contributed by atoms with E-state index in [1.165, 1.54) is 32.9 Å². The molecule has 168 valence electrons. The third-order valence-electron chi connectivity index (χ3n) is 5.24. The molecule has 3 N–H and O–H groups in total. The topological polar surface area (TPSA) is 110 Å². The molecular formula is C22H25N5O3S2. The summed E-state index contributed by atoms with van der Waals surface area (Å²) in [5.41, 5.74) is 2.21. The summed E-state index contributed by atoms with van der Waals surface area (Å²) in [6, 6.07) is 15.9. The Bertz CT molecular complexity index is 1190. The quantitative estimate of drug-likeness (QED) is 0.405. The Labute approximate surface area is 191 Å². The van der Waals surface area contributed by atoms with Gasteiger partial charge >= 0.3 is 0 Å². The number of sulfonamides is 1. The van der Waals surface area contributed by atoms with Crippen LogP contribution in [0, 0.1) is 0 Å². The summed E-state index contributed by atoms with van der Waals surface area (Å²) in [5.74, 6) is 5.80. The van der Waals surface area contributed by atoms with Crippen molar-refractivity contribution in [3.8, 4) is 11.3 Å². The molecule has 1 aromatic heterocycles. The number of rotatable bonds is 7. The van der Waals surface area contributed by atoms with E-state index in [4.69, 9.17) is 5.84 Å². The van der Waals surface area contributed by atoms with Crippen molar-refractivity contribution in [1.29, 1.82) is 0 Å². The van der Waals surface area contributed by atoms with Crippen LogP contribution in [0.1, 0.15) is 19.8 Å². The van der Waals surface area contributed by atoms with Gasteiger partial charge in [-0.25, -0.2) is 18.1 Å². The van der Waals surface area contributed by atoms with Crippen molar-refractivity contribution in [1.82, 2.24) is 14.0 Å². The van der Waals surface area contributed by atoms with E-state index in [1.807, 2.05) is 30.3 Å². The Balaban J connectivity index is 1.39. The van der Waals surface area contributed by atoms with Crippen molar-refractivity contribution in [3.05, 3.63) is 60.8 Å². The van der Waals surface area contributed by atoms with Crippen molar-refractivity contribution in [2.45, 2.75) is 35.1 Å². The Morgan fingerprint density at radius 1 is 1.09 bits per heavy atom. The second-order valence-corrected chi connectivity index (χ2v) is 10.8. The number of benzene rings is 2. The van der Waals surface area contributed by atoms with E-state index in [9.17, 15) is 13.2 Å². The van der Waals surface area contributed by atoms with E-state index >= 15 is 0 Å². The number of carbonyl (C=O) groups is 1. The second kappa shape index (κ2) is 9.35.